The van der Waals surface area contributed by atoms with Gasteiger partial charge in [-0.2, -0.15) is 0 Å². The summed E-state index contributed by atoms with van der Waals surface area (Å²) < 4.78 is 10.8. The highest BCUT2D eigenvalue weighted by atomic mass is 16.5. The first-order chi connectivity index (χ1) is 8.33. The molecule has 4 nitrogen and oxygen atoms in total. The van der Waals surface area contributed by atoms with Gasteiger partial charge in [0.25, 0.3) is 0 Å². The number of nitrogens with zero attached hydrogens (tertiary/aromatic N) is 1. The van der Waals surface area contributed by atoms with E-state index in [-0.39, 0.29) is 6.04 Å². The van der Waals surface area contributed by atoms with E-state index < -0.39 is 0 Å². The Kier molecular flexibility index (Phi) is 6.58. The Balaban J connectivity index is 2.78. The molecule has 96 valence electrons. The highest BCUT2D eigenvalue weighted by Gasteiger charge is 2.16. The highest BCUT2D eigenvalue weighted by Crippen LogP contribution is 2.22. The standard InChI is InChI=1S/C13H22N2O2/c1-4-8-14-11(10-17-5-2)13-12(16-3)7-6-9-15-13/h6-7,9,11,14H,4-5,8,10H2,1-3H3. The fourth-order valence-corrected chi connectivity index (χ4v) is 1.63. The van der Waals surface area contributed by atoms with Crippen molar-refractivity contribution in [3.8, 4) is 5.75 Å². The van der Waals surface area contributed by atoms with Gasteiger partial charge in [-0.25, -0.2) is 0 Å². The number of ether oxygens (including phenoxy) is 2. The minimum Gasteiger partial charge on any atom is -0.495 e. The molecule has 0 fully saturated rings. The Morgan fingerprint density at radius 1 is 1.41 bits per heavy atom. The lowest BCUT2D eigenvalue weighted by Gasteiger charge is -2.19. The highest BCUT2D eigenvalue weighted by molar-refractivity contribution is 5.29. The van der Waals surface area contributed by atoms with Crippen LogP contribution in [0.1, 0.15) is 32.0 Å². The van der Waals surface area contributed by atoms with Crippen molar-refractivity contribution in [3.05, 3.63) is 24.0 Å². The normalized spacial score (nSPS) is 12.4. The fourth-order valence-electron chi connectivity index (χ4n) is 1.63. The number of pyridine rings is 1. The van der Waals surface area contributed by atoms with Crippen LogP contribution in [0.5, 0.6) is 5.75 Å². The molecule has 1 unspecified atom stereocenters. The van der Waals surface area contributed by atoms with Gasteiger partial charge in [0, 0.05) is 12.8 Å². The average molecular weight is 238 g/mol. The van der Waals surface area contributed by atoms with Crippen LogP contribution in [0.25, 0.3) is 0 Å². The third-order valence-electron chi connectivity index (χ3n) is 2.48. The summed E-state index contributed by atoms with van der Waals surface area (Å²) in [5.74, 6) is 0.806. The van der Waals surface area contributed by atoms with E-state index in [9.17, 15) is 0 Å². The predicted octanol–water partition coefficient (Wildman–Crippen LogP) is 2.17. The molecule has 1 aromatic heterocycles. The lowest BCUT2D eigenvalue weighted by atomic mass is 10.1. The van der Waals surface area contributed by atoms with Gasteiger partial charge in [0.1, 0.15) is 11.4 Å². The van der Waals surface area contributed by atoms with Crippen molar-refractivity contribution < 1.29 is 9.47 Å². The van der Waals surface area contributed by atoms with Crippen LogP contribution >= 0.6 is 0 Å². The quantitative estimate of drug-likeness (QED) is 0.753. The van der Waals surface area contributed by atoms with Crippen LogP contribution in [-0.4, -0.2) is 31.9 Å². The Hall–Kier alpha value is -1.13. The predicted molar refractivity (Wildman–Crippen MR) is 68.3 cm³/mol. The summed E-state index contributed by atoms with van der Waals surface area (Å²) in [5, 5.41) is 3.43. The van der Waals surface area contributed by atoms with Gasteiger partial charge in [-0.15, -0.1) is 0 Å². The first-order valence-electron chi connectivity index (χ1n) is 6.13. The fraction of sp³-hybridized carbons (Fsp3) is 0.615. The molecule has 0 saturated heterocycles. The van der Waals surface area contributed by atoms with Gasteiger partial charge in [0.05, 0.1) is 19.8 Å². The summed E-state index contributed by atoms with van der Waals surface area (Å²) in [6.45, 7) is 6.40. The molecule has 0 aliphatic heterocycles. The van der Waals surface area contributed by atoms with E-state index in [2.05, 4.69) is 17.2 Å². The summed E-state index contributed by atoms with van der Waals surface area (Å²) in [5.41, 5.74) is 0.914. The van der Waals surface area contributed by atoms with Crippen molar-refractivity contribution in [2.75, 3.05) is 26.9 Å². The van der Waals surface area contributed by atoms with E-state index in [1.165, 1.54) is 0 Å². The molecule has 0 amide bonds. The van der Waals surface area contributed by atoms with Gasteiger partial charge < -0.3 is 14.8 Å². The summed E-state index contributed by atoms with van der Waals surface area (Å²) >= 11 is 0. The van der Waals surface area contributed by atoms with Gasteiger partial charge in [-0.3, -0.25) is 4.98 Å². The monoisotopic (exact) mass is 238 g/mol. The molecule has 0 saturated carbocycles. The van der Waals surface area contributed by atoms with Gasteiger partial charge in [0.15, 0.2) is 0 Å². The average Bonchev–Trinajstić information content (AvgIpc) is 2.39. The molecular weight excluding hydrogens is 216 g/mol. The van der Waals surface area contributed by atoms with Crippen molar-refractivity contribution in [1.82, 2.24) is 10.3 Å². The molecule has 1 heterocycles. The molecule has 1 rings (SSSR count). The topological polar surface area (TPSA) is 43.4 Å². The van der Waals surface area contributed by atoms with Crippen molar-refractivity contribution in [2.24, 2.45) is 0 Å². The maximum absolute atomic E-state index is 5.49. The Bertz CT molecular complexity index is 310. The molecule has 0 aliphatic rings. The number of aromatic nitrogens is 1. The SMILES string of the molecule is CCCNC(COCC)c1ncccc1OC. The van der Waals surface area contributed by atoms with Crippen molar-refractivity contribution in [1.29, 1.82) is 0 Å². The Morgan fingerprint density at radius 3 is 2.88 bits per heavy atom. The zero-order chi connectivity index (χ0) is 12.5. The molecule has 4 heteroatoms. The third kappa shape index (κ3) is 4.32. The zero-order valence-corrected chi connectivity index (χ0v) is 10.9. The van der Waals surface area contributed by atoms with Crippen LogP contribution in [0.15, 0.2) is 18.3 Å². The maximum Gasteiger partial charge on any atom is 0.142 e. The summed E-state index contributed by atoms with van der Waals surface area (Å²) in [4.78, 5) is 4.39. The maximum atomic E-state index is 5.49. The van der Waals surface area contributed by atoms with Crippen molar-refractivity contribution in [3.63, 3.8) is 0 Å². The second-order valence-corrected chi connectivity index (χ2v) is 3.76. The molecule has 17 heavy (non-hydrogen) atoms. The van der Waals surface area contributed by atoms with Crippen molar-refractivity contribution in [2.45, 2.75) is 26.3 Å². The van der Waals surface area contributed by atoms with Crippen LogP contribution in [0.3, 0.4) is 0 Å². The summed E-state index contributed by atoms with van der Waals surface area (Å²) in [7, 11) is 1.66. The van der Waals surface area contributed by atoms with E-state index >= 15 is 0 Å². The number of hydrogen-bond donors (Lipinski definition) is 1. The molecule has 0 radical (unpaired) electrons. The summed E-state index contributed by atoms with van der Waals surface area (Å²) in [6.07, 6.45) is 2.86. The van der Waals surface area contributed by atoms with Gasteiger partial charge >= 0.3 is 0 Å². The van der Waals surface area contributed by atoms with E-state index in [4.69, 9.17) is 9.47 Å². The van der Waals surface area contributed by atoms with Crippen LogP contribution in [-0.2, 0) is 4.74 Å². The first-order valence-corrected chi connectivity index (χ1v) is 6.13. The van der Waals surface area contributed by atoms with E-state index in [1.54, 1.807) is 13.3 Å². The summed E-state index contributed by atoms with van der Waals surface area (Å²) in [6, 6.07) is 3.89. The van der Waals surface area contributed by atoms with Crippen LogP contribution in [0.2, 0.25) is 0 Å². The van der Waals surface area contributed by atoms with Gasteiger partial charge in [-0.1, -0.05) is 6.92 Å². The van der Waals surface area contributed by atoms with Crippen LogP contribution < -0.4 is 10.1 Å². The second-order valence-electron chi connectivity index (χ2n) is 3.76. The Labute approximate surface area is 103 Å². The minimum atomic E-state index is 0.0889. The van der Waals surface area contributed by atoms with E-state index in [0.29, 0.717) is 13.2 Å². The van der Waals surface area contributed by atoms with Crippen LogP contribution in [0.4, 0.5) is 0 Å². The number of hydrogen-bond acceptors (Lipinski definition) is 4. The smallest absolute Gasteiger partial charge is 0.142 e. The van der Waals surface area contributed by atoms with Gasteiger partial charge in [0.2, 0.25) is 0 Å². The molecular formula is C13H22N2O2. The molecule has 1 N–H and O–H groups in total. The molecule has 0 aliphatic carbocycles. The molecule has 1 atom stereocenters. The van der Waals surface area contributed by atoms with Gasteiger partial charge in [-0.05, 0) is 32.0 Å². The van der Waals surface area contributed by atoms with Crippen molar-refractivity contribution >= 4 is 0 Å². The number of rotatable bonds is 8. The second kappa shape index (κ2) is 8.03. The van der Waals surface area contributed by atoms with E-state index in [0.717, 1.165) is 24.4 Å². The largest absolute Gasteiger partial charge is 0.495 e. The van der Waals surface area contributed by atoms with E-state index in [1.807, 2.05) is 19.1 Å². The zero-order valence-electron chi connectivity index (χ0n) is 10.9. The molecule has 0 bridgehead atoms. The number of methoxy groups -OCH3 is 1. The molecule has 1 aromatic rings. The molecule has 0 aromatic carbocycles. The lowest BCUT2D eigenvalue weighted by molar-refractivity contribution is 0.121. The molecule has 0 spiro atoms. The number of nitrogens with one attached hydrogen (secondary N) is 1. The third-order valence-corrected chi connectivity index (χ3v) is 2.48. The first kappa shape index (κ1) is 13.9. The Morgan fingerprint density at radius 2 is 2.24 bits per heavy atom. The minimum absolute atomic E-state index is 0.0889. The van der Waals surface area contributed by atoms with Crippen LogP contribution in [0, 0.1) is 0 Å². The lowest BCUT2D eigenvalue weighted by Crippen LogP contribution is -2.27.